The van der Waals surface area contributed by atoms with Crippen LogP contribution < -0.4 is 5.32 Å². The van der Waals surface area contributed by atoms with E-state index in [9.17, 15) is 5.11 Å². The highest BCUT2D eigenvalue weighted by Crippen LogP contribution is 2.25. The van der Waals surface area contributed by atoms with E-state index in [0.717, 1.165) is 11.7 Å². The van der Waals surface area contributed by atoms with Gasteiger partial charge in [-0.1, -0.05) is 6.92 Å². The average Bonchev–Trinajstić information content (AvgIpc) is 2.84. The monoisotopic (exact) mass is 223 g/mol. The molecule has 2 rings (SSSR count). The van der Waals surface area contributed by atoms with Crippen LogP contribution in [0.5, 0.6) is 0 Å². The molecule has 0 saturated heterocycles. The van der Waals surface area contributed by atoms with Crippen molar-refractivity contribution in [2.75, 3.05) is 6.54 Å². The zero-order chi connectivity index (χ0) is 11.5. The van der Waals surface area contributed by atoms with Crippen LogP contribution in [0.4, 0.5) is 0 Å². The third-order valence-electron chi connectivity index (χ3n) is 3.38. The standard InChI is InChI=1S/C13H21NO2/c1-9-3-5-11(7-9)14-8-12(15)13-6-4-10(2)16-13/h4,6,9,11-12,14-15H,3,5,7-8H2,1-2H3. The Morgan fingerprint density at radius 3 is 2.88 bits per heavy atom. The second-order valence-electron chi connectivity index (χ2n) is 4.99. The van der Waals surface area contributed by atoms with Crippen molar-refractivity contribution in [1.82, 2.24) is 5.32 Å². The summed E-state index contributed by atoms with van der Waals surface area (Å²) in [5, 5.41) is 13.3. The summed E-state index contributed by atoms with van der Waals surface area (Å²) in [6, 6.07) is 4.30. The Bertz CT molecular complexity index is 334. The lowest BCUT2D eigenvalue weighted by molar-refractivity contribution is 0.142. The van der Waals surface area contributed by atoms with Gasteiger partial charge < -0.3 is 14.8 Å². The van der Waals surface area contributed by atoms with Crippen LogP contribution in [0.25, 0.3) is 0 Å². The molecule has 3 nitrogen and oxygen atoms in total. The van der Waals surface area contributed by atoms with Crippen molar-refractivity contribution < 1.29 is 9.52 Å². The van der Waals surface area contributed by atoms with E-state index >= 15 is 0 Å². The normalized spacial score (nSPS) is 27.2. The van der Waals surface area contributed by atoms with Crippen molar-refractivity contribution in [2.24, 2.45) is 5.92 Å². The van der Waals surface area contributed by atoms with Crippen LogP contribution in [0.1, 0.15) is 43.8 Å². The van der Waals surface area contributed by atoms with E-state index in [4.69, 9.17) is 4.42 Å². The molecule has 0 radical (unpaired) electrons. The van der Waals surface area contributed by atoms with Gasteiger partial charge in [-0.3, -0.25) is 0 Å². The van der Waals surface area contributed by atoms with Crippen LogP contribution in [0.15, 0.2) is 16.5 Å². The first-order valence-corrected chi connectivity index (χ1v) is 6.13. The number of rotatable bonds is 4. The van der Waals surface area contributed by atoms with Gasteiger partial charge in [-0.15, -0.1) is 0 Å². The van der Waals surface area contributed by atoms with E-state index < -0.39 is 6.10 Å². The Balaban J connectivity index is 1.77. The van der Waals surface area contributed by atoms with Crippen molar-refractivity contribution in [3.63, 3.8) is 0 Å². The molecule has 0 spiro atoms. The smallest absolute Gasteiger partial charge is 0.133 e. The van der Waals surface area contributed by atoms with Crippen LogP contribution in [0.3, 0.4) is 0 Å². The molecule has 1 fully saturated rings. The molecule has 16 heavy (non-hydrogen) atoms. The second-order valence-corrected chi connectivity index (χ2v) is 4.99. The van der Waals surface area contributed by atoms with E-state index in [1.807, 2.05) is 19.1 Å². The Morgan fingerprint density at radius 1 is 1.50 bits per heavy atom. The lowest BCUT2D eigenvalue weighted by atomic mass is 10.1. The summed E-state index contributed by atoms with van der Waals surface area (Å²) in [4.78, 5) is 0. The summed E-state index contributed by atoms with van der Waals surface area (Å²) in [5.74, 6) is 2.33. The first kappa shape index (κ1) is 11.7. The van der Waals surface area contributed by atoms with Gasteiger partial charge in [0.15, 0.2) is 0 Å². The molecule has 0 aliphatic heterocycles. The molecule has 0 amide bonds. The first-order valence-electron chi connectivity index (χ1n) is 6.13. The van der Waals surface area contributed by atoms with Gasteiger partial charge in [0.2, 0.25) is 0 Å². The molecule has 1 aliphatic rings. The number of aliphatic hydroxyl groups excluding tert-OH is 1. The molecule has 2 N–H and O–H groups in total. The minimum absolute atomic E-state index is 0.524. The molecular weight excluding hydrogens is 202 g/mol. The van der Waals surface area contributed by atoms with Crippen LogP contribution in [-0.4, -0.2) is 17.7 Å². The average molecular weight is 223 g/mol. The van der Waals surface area contributed by atoms with Gasteiger partial charge in [0.05, 0.1) is 0 Å². The maximum atomic E-state index is 9.90. The molecule has 0 bridgehead atoms. The van der Waals surface area contributed by atoms with Crippen molar-refractivity contribution in [1.29, 1.82) is 0 Å². The highest BCUT2D eigenvalue weighted by Gasteiger charge is 2.22. The fourth-order valence-electron chi connectivity index (χ4n) is 2.40. The molecule has 0 aromatic carbocycles. The molecule has 3 unspecified atom stereocenters. The molecule has 3 atom stereocenters. The Labute approximate surface area is 96.8 Å². The summed E-state index contributed by atoms with van der Waals surface area (Å²) in [5.41, 5.74) is 0. The van der Waals surface area contributed by atoms with E-state index in [0.29, 0.717) is 18.3 Å². The maximum Gasteiger partial charge on any atom is 0.133 e. The number of hydrogen-bond acceptors (Lipinski definition) is 3. The van der Waals surface area contributed by atoms with Crippen LogP contribution in [0, 0.1) is 12.8 Å². The number of hydrogen-bond donors (Lipinski definition) is 2. The minimum atomic E-state index is -0.524. The van der Waals surface area contributed by atoms with Crippen molar-refractivity contribution in [3.8, 4) is 0 Å². The van der Waals surface area contributed by atoms with Crippen LogP contribution in [0.2, 0.25) is 0 Å². The molecule has 1 aliphatic carbocycles. The lowest BCUT2D eigenvalue weighted by Gasteiger charge is -2.15. The molecule has 1 heterocycles. The van der Waals surface area contributed by atoms with Crippen molar-refractivity contribution in [3.05, 3.63) is 23.7 Å². The molecular formula is C13H21NO2. The summed E-state index contributed by atoms with van der Waals surface area (Å²) >= 11 is 0. The third-order valence-corrected chi connectivity index (χ3v) is 3.38. The van der Waals surface area contributed by atoms with E-state index in [1.165, 1.54) is 19.3 Å². The van der Waals surface area contributed by atoms with Crippen LogP contribution >= 0.6 is 0 Å². The number of aryl methyl sites for hydroxylation is 1. The quantitative estimate of drug-likeness (QED) is 0.824. The van der Waals surface area contributed by atoms with E-state index in [2.05, 4.69) is 12.2 Å². The number of furan rings is 1. The van der Waals surface area contributed by atoms with Crippen LogP contribution in [-0.2, 0) is 0 Å². The SMILES string of the molecule is Cc1ccc(C(O)CNC2CCC(C)C2)o1. The fourth-order valence-corrected chi connectivity index (χ4v) is 2.40. The van der Waals surface area contributed by atoms with E-state index in [1.54, 1.807) is 0 Å². The third kappa shape index (κ3) is 2.86. The number of aliphatic hydroxyl groups is 1. The van der Waals surface area contributed by atoms with Crippen molar-refractivity contribution >= 4 is 0 Å². The van der Waals surface area contributed by atoms with Gasteiger partial charge in [0, 0.05) is 12.6 Å². The maximum absolute atomic E-state index is 9.90. The summed E-state index contributed by atoms with van der Waals surface area (Å²) < 4.78 is 5.39. The zero-order valence-corrected chi connectivity index (χ0v) is 10.1. The molecule has 3 heteroatoms. The summed E-state index contributed by atoms with van der Waals surface area (Å²) in [6.45, 7) is 4.76. The predicted molar refractivity (Wildman–Crippen MR) is 63.2 cm³/mol. The van der Waals surface area contributed by atoms with Crippen molar-refractivity contribution in [2.45, 2.75) is 45.3 Å². The van der Waals surface area contributed by atoms with Gasteiger partial charge >= 0.3 is 0 Å². The molecule has 1 aromatic heterocycles. The van der Waals surface area contributed by atoms with Gasteiger partial charge in [-0.25, -0.2) is 0 Å². The van der Waals surface area contributed by atoms with Gasteiger partial charge in [0.1, 0.15) is 17.6 Å². The van der Waals surface area contributed by atoms with Gasteiger partial charge in [-0.05, 0) is 44.2 Å². The Kier molecular flexibility index (Phi) is 3.66. The number of nitrogens with one attached hydrogen (secondary N) is 1. The summed E-state index contributed by atoms with van der Waals surface area (Å²) in [6.07, 6.45) is 3.23. The molecule has 90 valence electrons. The van der Waals surface area contributed by atoms with Gasteiger partial charge in [-0.2, -0.15) is 0 Å². The minimum Gasteiger partial charge on any atom is -0.464 e. The molecule has 1 saturated carbocycles. The zero-order valence-electron chi connectivity index (χ0n) is 10.1. The summed E-state index contributed by atoms with van der Waals surface area (Å²) in [7, 11) is 0. The topological polar surface area (TPSA) is 45.4 Å². The predicted octanol–water partition coefficient (Wildman–Crippen LogP) is 2.40. The second kappa shape index (κ2) is 5.02. The fraction of sp³-hybridized carbons (Fsp3) is 0.692. The highest BCUT2D eigenvalue weighted by atomic mass is 16.4. The largest absolute Gasteiger partial charge is 0.464 e. The Hall–Kier alpha value is -0.800. The van der Waals surface area contributed by atoms with Gasteiger partial charge in [0.25, 0.3) is 0 Å². The highest BCUT2D eigenvalue weighted by molar-refractivity contribution is 5.08. The first-order chi connectivity index (χ1) is 7.65. The molecule has 1 aromatic rings. The lowest BCUT2D eigenvalue weighted by Crippen LogP contribution is -2.30. The Morgan fingerprint density at radius 2 is 2.31 bits per heavy atom. The van der Waals surface area contributed by atoms with E-state index in [-0.39, 0.29) is 0 Å².